The number of hydrogen-bond donors (Lipinski definition) is 1. The van der Waals surface area contributed by atoms with E-state index in [9.17, 15) is 14.4 Å². The van der Waals surface area contributed by atoms with Gasteiger partial charge >= 0.3 is 6.03 Å². The number of amides is 4. The van der Waals surface area contributed by atoms with Crippen molar-refractivity contribution < 1.29 is 14.4 Å². The maximum absolute atomic E-state index is 13.3. The van der Waals surface area contributed by atoms with Gasteiger partial charge < -0.3 is 4.90 Å². The minimum atomic E-state index is -0.868. The Morgan fingerprint density at radius 1 is 1.15 bits per heavy atom. The molecule has 34 heavy (non-hydrogen) atoms. The highest BCUT2D eigenvalue weighted by atomic mass is 35.5. The summed E-state index contributed by atoms with van der Waals surface area (Å²) in [5.74, 6) is -1.19. The van der Waals surface area contributed by atoms with Gasteiger partial charge in [0, 0.05) is 17.8 Å². The summed E-state index contributed by atoms with van der Waals surface area (Å²) < 4.78 is 0. The molecule has 8 heteroatoms. The number of imide groups is 2. The van der Waals surface area contributed by atoms with Gasteiger partial charge in [0.15, 0.2) is 0 Å². The minimum Gasteiger partial charge on any atom is -0.366 e. The molecule has 0 spiro atoms. The van der Waals surface area contributed by atoms with Crippen molar-refractivity contribution in [2.45, 2.75) is 52.5 Å². The molecule has 0 unspecified atom stereocenters. The molecule has 2 aliphatic rings. The van der Waals surface area contributed by atoms with Gasteiger partial charge in [0.2, 0.25) is 0 Å². The molecule has 0 aliphatic carbocycles. The lowest BCUT2D eigenvalue weighted by molar-refractivity contribution is -0.122. The minimum absolute atomic E-state index is 0.0316. The average Bonchev–Trinajstić information content (AvgIpc) is 2.74. The van der Waals surface area contributed by atoms with E-state index in [0.717, 1.165) is 29.0 Å². The average molecular weight is 500 g/mol. The van der Waals surface area contributed by atoms with Crippen LogP contribution in [-0.2, 0) is 9.59 Å². The Bertz CT molecular complexity index is 1250. The third-order valence-electron chi connectivity index (χ3n) is 6.66. The maximum Gasteiger partial charge on any atom is 0.336 e. The summed E-state index contributed by atoms with van der Waals surface area (Å²) >= 11 is 12.3. The van der Waals surface area contributed by atoms with Crippen LogP contribution in [0, 0.1) is 6.92 Å². The van der Waals surface area contributed by atoms with Gasteiger partial charge in [0.05, 0.1) is 15.7 Å². The van der Waals surface area contributed by atoms with Crippen LogP contribution in [0.5, 0.6) is 0 Å². The standard InChI is InChI=1S/C26H27Cl2N3O3/c1-6-30-21-10-14(2)16(11-17(21)15(3)13-26(30,4)5)12-18-23(32)29-25(34)31(24(18)33)20-9-7-8-19(27)22(20)28/h7-12,15H,6,13H2,1-5H3,(H,29,32,34)/b18-12+/t15-/m0/s1. The Balaban J connectivity index is 1.80. The van der Waals surface area contributed by atoms with Crippen LogP contribution >= 0.6 is 23.2 Å². The van der Waals surface area contributed by atoms with E-state index < -0.39 is 17.8 Å². The van der Waals surface area contributed by atoms with Crippen molar-refractivity contribution in [2.75, 3.05) is 16.3 Å². The molecule has 2 heterocycles. The summed E-state index contributed by atoms with van der Waals surface area (Å²) in [6.45, 7) is 11.7. The second-order valence-electron chi connectivity index (χ2n) is 9.46. The number of aryl methyl sites for hydroxylation is 1. The quantitative estimate of drug-likeness (QED) is 0.410. The number of benzene rings is 2. The fraction of sp³-hybridized carbons (Fsp3) is 0.346. The summed E-state index contributed by atoms with van der Waals surface area (Å²) in [6.07, 6.45) is 2.54. The van der Waals surface area contributed by atoms with Gasteiger partial charge in [-0.3, -0.25) is 14.9 Å². The van der Waals surface area contributed by atoms with Gasteiger partial charge in [-0.25, -0.2) is 9.69 Å². The zero-order valence-corrected chi connectivity index (χ0v) is 21.3. The summed E-state index contributed by atoms with van der Waals surface area (Å²) in [5, 5.41) is 2.50. The molecule has 2 aromatic carbocycles. The number of anilines is 2. The van der Waals surface area contributed by atoms with Crippen LogP contribution in [0.2, 0.25) is 10.0 Å². The Labute approximate surface area is 209 Å². The summed E-state index contributed by atoms with van der Waals surface area (Å²) in [7, 11) is 0. The molecule has 1 atom stereocenters. The molecule has 2 aliphatic heterocycles. The zero-order valence-electron chi connectivity index (χ0n) is 19.8. The second-order valence-corrected chi connectivity index (χ2v) is 10.2. The molecule has 2 aromatic rings. The SMILES string of the molecule is CCN1c2cc(C)c(/C=C3\C(=O)NC(=O)N(c4cccc(Cl)c4Cl)C3=O)cc2[C@@H](C)CC1(C)C. The third kappa shape index (κ3) is 3.99. The van der Waals surface area contributed by atoms with Crippen molar-refractivity contribution >= 4 is 58.5 Å². The first-order valence-electron chi connectivity index (χ1n) is 11.2. The lowest BCUT2D eigenvalue weighted by Gasteiger charge is -2.47. The van der Waals surface area contributed by atoms with E-state index in [4.69, 9.17) is 23.2 Å². The van der Waals surface area contributed by atoms with Crippen LogP contribution in [0.3, 0.4) is 0 Å². The highest BCUT2D eigenvalue weighted by Crippen LogP contribution is 2.44. The number of carbonyl (C=O) groups is 3. The van der Waals surface area contributed by atoms with Crippen molar-refractivity contribution in [3.05, 3.63) is 62.6 Å². The van der Waals surface area contributed by atoms with E-state index in [1.54, 1.807) is 18.2 Å². The van der Waals surface area contributed by atoms with Crippen molar-refractivity contribution in [3.8, 4) is 0 Å². The number of rotatable bonds is 3. The van der Waals surface area contributed by atoms with E-state index in [0.29, 0.717) is 5.92 Å². The Morgan fingerprint density at radius 2 is 1.85 bits per heavy atom. The number of urea groups is 1. The number of nitrogens with one attached hydrogen (secondary N) is 1. The molecule has 0 bridgehead atoms. The first kappa shape index (κ1) is 24.3. The molecule has 0 saturated carbocycles. The Hall–Kier alpha value is -2.83. The first-order valence-corrected chi connectivity index (χ1v) is 12.0. The number of halogens is 2. The fourth-order valence-electron chi connectivity index (χ4n) is 5.10. The molecule has 4 rings (SSSR count). The normalized spacial score (nSPS) is 21.1. The number of nitrogens with zero attached hydrogens (tertiary/aromatic N) is 2. The predicted octanol–water partition coefficient (Wildman–Crippen LogP) is 6.08. The van der Waals surface area contributed by atoms with E-state index in [1.165, 1.54) is 17.3 Å². The van der Waals surface area contributed by atoms with Crippen LogP contribution in [0.4, 0.5) is 16.2 Å². The van der Waals surface area contributed by atoms with Crippen molar-refractivity contribution in [1.29, 1.82) is 0 Å². The first-order chi connectivity index (χ1) is 16.0. The summed E-state index contributed by atoms with van der Waals surface area (Å²) in [5.41, 5.74) is 4.04. The molecule has 4 amide bonds. The van der Waals surface area contributed by atoms with Gasteiger partial charge in [-0.2, -0.15) is 0 Å². The topological polar surface area (TPSA) is 69.7 Å². The van der Waals surface area contributed by atoms with Crippen LogP contribution in [-0.4, -0.2) is 29.9 Å². The van der Waals surface area contributed by atoms with Crippen molar-refractivity contribution in [1.82, 2.24) is 5.32 Å². The lowest BCUT2D eigenvalue weighted by Crippen LogP contribution is -2.54. The fourth-order valence-corrected chi connectivity index (χ4v) is 5.48. The molecular weight excluding hydrogens is 473 g/mol. The molecule has 0 aromatic heterocycles. The molecule has 178 valence electrons. The van der Waals surface area contributed by atoms with Crippen molar-refractivity contribution in [2.24, 2.45) is 0 Å². The predicted molar refractivity (Wildman–Crippen MR) is 137 cm³/mol. The number of carbonyl (C=O) groups excluding carboxylic acids is 3. The molecule has 0 radical (unpaired) electrons. The van der Waals surface area contributed by atoms with E-state index in [1.807, 2.05) is 13.0 Å². The van der Waals surface area contributed by atoms with Crippen LogP contribution in [0.15, 0.2) is 35.9 Å². The van der Waals surface area contributed by atoms with E-state index in [-0.39, 0.29) is 26.8 Å². The summed E-state index contributed by atoms with van der Waals surface area (Å²) in [6, 6.07) is 7.94. The van der Waals surface area contributed by atoms with E-state index >= 15 is 0 Å². The lowest BCUT2D eigenvalue weighted by atomic mass is 9.79. The molecule has 1 N–H and O–H groups in total. The van der Waals surface area contributed by atoms with Gasteiger partial charge in [-0.05, 0) is 87.1 Å². The summed E-state index contributed by atoms with van der Waals surface area (Å²) in [4.78, 5) is 41.8. The van der Waals surface area contributed by atoms with Crippen LogP contribution in [0.25, 0.3) is 6.08 Å². The molecule has 1 saturated heterocycles. The van der Waals surface area contributed by atoms with Crippen LogP contribution < -0.4 is 15.1 Å². The Morgan fingerprint density at radius 3 is 2.53 bits per heavy atom. The van der Waals surface area contributed by atoms with Gasteiger partial charge in [0.25, 0.3) is 11.8 Å². The number of hydrogen-bond acceptors (Lipinski definition) is 4. The number of fused-ring (bicyclic) bond motifs is 1. The van der Waals surface area contributed by atoms with Gasteiger partial charge in [-0.1, -0.05) is 36.2 Å². The second kappa shape index (κ2) is 8.75. The Kier molecular flexibility index (Phi) is 6.25. The zero-order chi connectivity index (χ0) is 24.9. The van der Waals surface area contributed by atoms with Crippen LogP contribution in [0.1, 0.15) is 56.7 Å². The largest absolute Gasteiger partial charge is 0.366 e. The molecular formula is C26H27Cl2N3O3. The van der Waals surface area contributed by atoms with Gasteiger partial charge in [-0.15, -0.1) is 0 Å². The monoisotopic (exact) mass is 499 g/mol. The molecule has 1 fully saturated rings. The third-order valence-corrected chi connectivity index (χ3v) is 7.47. The van der Waals surface area contributed by atoms with E-state index in [2.05, 4.69) is 44.0 Å². The highest BCUT2D eigenvalue weighted by Gasteiger charge is 2.39. The van der Waals surface area contributed by atoms with Gasteiger partial charge in [0.1, 0.15) is 5.57 Å². The van der Waals surface area contributed by atoms with Crippen molar-refractivity contribution in [3.63, 3.8) is 0 Å². The molecule has 6 nitrogen and oxygen atoms in total. The maximum atomic E-state index is 13.3. The smallest absolute Gasteiger partial charge is 0.336 e. The highest BCUT2D eigenvalue weighted by molar-refractivity contribution is 6.46. The number of barbiturate groups is 1.